The number of para-hydroxylation sites is 1. The molecule has 1 atom stereocenters. The Morgan fingerprint density at radius 3 is 2.82 bits per heavy atom. The van der Waals surface area contributed by atoms with Crippen molar-refractivity contribution in [2.45, 2.75) is 31.9 Å². The number of benzene rings is 1. The van der Waals surface area contributed by atoms with Crippen LogP contribution in [0.2, 0.25) is 0 Å². The van der Waals surface area contributed by atoms with Gasteiger partial charge in [-0.3, -0.25) is 0 Å². The summed E-state index contributed by atoms with van der Waals surface area (Å²) in [6.07, 6.45) is 3.75. The van der Waals surface area contributed by atoms with E-state index >= 15 is 0 Å². The average molecular weight is 235 g/mol. The summed E-state index contributed by atoms with van der Waals surface area (Å²) in [6, 6.07) is 6.73. The van der Waals surface area contributed by atoms with Crippen molar-refractivity contribution >= 4 is 0 Å². The SMILES string of the molecule is COCc1cccc(C2CCCCN2)c1OC. The molecule has 1 aromatic rings. The van der Waals surface area contributed by atoms with Crippen LogP contribution in [0, 0.1) is 0 Å². The molecule has 0 aliphatic carbocycles. The Bertz CT molecular complexity index is 359. The summed E-state index contributed by atoms with van der Waals surface area (Å²) in [5, 5.41) is 3.56. The van der Waals surface area contributed by atoms with E-state index in [4.69, 9.17) is 9.47 Å². The predicted octanol–water partition coefficient (Wildman–Crippen LogP) is 2.66. The Morgan fingerprint density at radius 1 is 1.29 bits per heavy atom. The number of rotatable bonds is 4. The summed E-state index contributed by atoms with van der Waals surface area (Å²) in [5.41, 5.74) is 2.39. The number of piperidine rings is 1. The summed E-state index contributed by atoms with van der Waals surface area (Å²) >= 11 is 0. The van der Waals surface area contributed by atoms with Crippen LogP contribution in [0.5, 0.6) is 5.75 Å². The summed E-state index contributed by atoms with van der Waals surface area (Å²) in [5.74, 6) is 0.980. The molecule has 1 aliphatic heterocycles. The van der Waals surface area contributed by atoms with Gasteiger partial charge in [-0.15, -0.1) is 0 Å². The van der Waals surface area contributed by atoms with Gasteiger partial charge in [0, 0.05) is 24.3 Å². The highest BCUT2D eigenvalue weighted by molar-refractivity contribution is 5.43. The van der Waals surface area contributed by atoms with E-state index in [-0.39, 0.29) is 0 Å². The molecule has 1 aliphatic rings. The van der Waals surface area contributed by atoms with Gasteiger partial charge in [-0.1, -0.05) is 24.6 Å². The van der Waals surface area contributed by atoms with Crippen LogP contribution >= 0.6 is 0 Å². The fraction of sp³-hybridized carbons (Fsp3) is 0.571. The lowest BCUT2D eigenvalue weighted by atomic mass is 9.95. The smallest absolute Gasteiger partial charge is 0.129 e. The molecule has 1 unspecified atom stereocenters. The molecule has 0 radical (unpaired) electrons. The third-order valence-corrected chi connectivity index (χ3v) is 3.32. The number of ether oxygens (including phenoxy) is 2. The molecular weight excluding hydrogens is 214 g/mol. The Balaban J connectivity index is 2.28. The standard InChI is InChI=1S/C14H21NO2/c1-16-10-11-6-5-7-12(14(11)17-2)13-8-3-4-9-15-13/h5-7,13,15H,3-4,8-10H2,1-2H3. The van der Waals surface area contributed by atoms with Crippen LogP contribution in [0.1, 0.15) is 36.4 Å². The van der Waals surface area contributed by atoms with E-state index in [1.807, 2.05) is 0 Å². The molecule has 2 rings (SSSR count). The maximum atomic E-state index is 5.56. The maximum Gasteiger partial charge on any atom is 0.129 e. The molecule has 0 bridgehead atoms. The molecule has 94 valence electrons. The predicted molar refractivity (Wildman–Crippen MR) is 68.3 cm³/mol. The van der Waals surface area contributed by atoms with E-state index in [0.717, 1.165) is 17.9 Å². The molecule has 0 saturated carbocycles. The van der Waals surface area contributed by atoms with Gasteiger partial charge in [0.2, 0.25) is 0 Å². The first kappa shape index (κ1) is 12.4. The van der Waals surface area contributed by atoms with E-state index in [9.17, 15) is 0 Å². The van der Waals surface area contributed by atoms with Crippen molar-refractivity contribution in [2.75, 3.05) is 20.8 Å². The normalized spacial score (nSPS) is 20.2. The molecule has 3 heteroatoms. The van der Waals surface area contributed by atoms with Crippen molar-refractivity contribution in [1.82, 2.24) is 5.32 Å². The number of nitrogens with one attached hydrogen (secondary N) is 1. The van der Waals surface area contributed by atoms with Gasteiger partial charge in [-0.25, -0.2) is 0 Å². The Kier molecular flexibility index (Phi) is 4.40. The molecule has 1 fully saturated rings. The summed E-state index contributed by atoms with van der Waals surface area (Å²) in [6.45, 7) is 1.70. The van der Waals surface area contributed by atoms with Crippen LogP contribution in [-0.4, -0.2) is 20.8 Å². The van der Waals surface area contributed by atoms with Crippen molar-refractivity contribution in [2.24, 2.45) is 0 Å². The van der Waals surface area contributed by atoms with Gasteiger partial charge in [0.15, 0.2) is 0 Å². The lowest BCUT2D eigenvalue weighted by Gasteiger charge is -2.26. The minimum atomic E-state index is 0.426. The molecular formula is C14H21NO2. The zero-order valence-corrected chi connectivity index (χ0v) is 10.7. The van der Waals surface area contributed by atoms with Gasteiger partial charge < -0.3 is 14.8 Å². The quantitative estimate of drug-likeness (QED) is 0.870. The molecule has 0 amide bonds. The molecule has 0 spiro atoms. The van der Waals surface area contributed by atoms with Crippen LogP contribution in [0.15, 0.2) is 18.2 Å². The summed E-state index contributed by atoms with van der Waals surface area (Å²) < 4.78 is 10.8. The van der Waals surface area contributed by atoms with Gasteiger partial charge in [0.05, 0.1) is 13.7 Å². The second kappa shape index (κ2) is 6.03. The molecule has 0 aromatic heterocycles. The molecule has 3 nitrogen and oxygen atoms in total. The lowest BCUT2D eigenvalue weighted by Crippen LogP contribution is -2.27. The van der Waals surface area contributed by atoms with Crippen molar-refractivity contribution in [1.29, 1.82) is 0 Å². The largest absolute Gasteiger partial charge is 0.496 e. The van der Waals surface area contributed by atoms with Crippen molar-refractivity contribution in [3.8, 4) is 5.75 Å². The molecule has 17 heavy (non-hydrogen) atoms. The minimum absolute atomic E-state index is 0.426. The van der Waals surface area contributed by atoms with E-state index in [1.165, 1.54) is 24.8 Å². The average Bonchev–Trinajstić information content (AvgIpc) is 2.40. The Hall–Kier alpha value is -1.06. The number of hydrogen-bond donors (Lipinski definition) is 1. The highest BCUT2D eigenvalue weighted by atomic mass is 16.5. The monoisotopic (exact) mass is 235 g/mol. The molecule has 1 saturated heterocycles. The van der Waals surface area contributed by atoms with Gasteiger partial charge in [-0.05, 0) is 19.4 Å². The van der Waals surface area contributed by atoms with Crippen LogP contribution in [0.4, 0.5) is 0 Å². The molecule has 1 N–H and O–H groups in total. The zero-order chi connectivity index (χ0) is 12.1. The van der Waals surface area contributed by atoms with Gasteiger partial charge in [0.25, 0.3) is 0 Å². The van der Waals surface area contributed by atoms with E-state index < -0.39 is 0 Å². The Labute approximate surface area is 103 Å². The Morgan fingerprint density at radius 2 is 2.18 bits per heavy atom. The summed E-state index contributed by atoms with van der Waals surface area (Å²) in [7, 11) is 3.45. The number of methoxy groups -OCH3 is 2. The van der Waals surface area contributed by atoms with Crippen LogP contribution in [-0.2, 0) is 11.3 Å². The second-order valence-corrected chi connectivity index (χ2v) is 4.48. The maximum absolute atomic E-state index is 5.56. The molecule has 1 aromatic carbocycles. The first-order valence-corrected chi connectivity index (χ1v) is 6.25. The zero-order valence-electron chi connectivity index (χ0n) is 10.7. The van der Waals surface area contributed by atoms with Crippen LogP contribution < -0.4 is 10.1 Å². The lowest BCUT2D eigenvalue weighted by molar-refractivity contribution is 0.181. The van der Waals surface area contributed by atoms with E-state index in [2.05, 4.69) is 23.5 Å². The van der Waals surface area contributed by atoms with Crippen molar-refractivity contribution < 1.29 is 9.47 Å². The highest BCUT2D eigenvalue weighted by Crippen LogP contribution is 2.33. The van der Waals surface area contributed by atoms with Gasteiger partial charge in [-0.2, -0.15) is 0 Å². The summed E-state index contributed by atoms with van der Waals surface area (Å²) in [4.78, 5) is 0. The first-order valence-electron chi connectivity index (χ1n) is 6.25. The fourth-order valence-corrected chi connectivity index (χ4v) is 2.51. The second-order valence-electron chi connectivity index (χ2n) is 4.48. The van der Waals surface area contributed by atoms with Gasteiger partial charge >= 0.3 is 0 Å². The van der Waals surface area contributed by atoms with E-state index in [0.29, 0.717) is 12.6 Å². The van der Waals surface area contributed by atoms with Crippen molar-refractivity contribution in [3.05, 3.63) is 29.3 Å². The number of hydrogen-bond acceptors (Lipinski definition) is 3. The minimum Gasteiger partial charge on any atom is -0.496 e. The van der Waals surface area contributed by atoms with Crippen molar-refractivity contribution in [3.63, 3.8) is 0 Å². The van der Waals surface area contributed by atoms with Crippen LogP contribution in [0.3, 0.4) is 0 Å². The van der Waals surface area contributed by atoms with E-state index in [1.54, 1.807) is 14.2 Å². The first-order chi connectivity index (χ1) is 8.36. The van der Waals surface area contributed by atoms with Crippen LogP contribution in [0.25, 0.3) is 0 Å². The third-order valence-electron chi connectivity index (χ3n) is 3.32. The fourth-order valence-electron chi connectivity index (χ4n) is 2.51. The topological polar surface area (TPSA) is 30.5 Å². The highest BCUT2D eigenvalue weighted by Gasteiger charge is 2.19. The molecule has 1 heterocycles. The third kappa shape index (κ3) is 2.79. The van der Waals surface area contributed by atoms with Gasteiger partial charge in [0.1, 0.15) is 5.75 Å².